The van der Waals surface area contributed by atoms with Crippen molar-refractivity contribution >= 4 is 33.0 Å². The number of aromatic nitrogens is 2. The van der Waals surface area contributed by atoms with E-state index in [2.05, 4.69) is 52.9 Å². The van der Waals surface area contributed by atoms with Gasteiger partial charge in [0.05, 0.1) is 17.7 Å². The lowest BCUT2D eigenvalue weighted by Gasteiger charge is -2.36. The number of anilines is 1. The predicted molar refractivity (Wildman–Crippen MR) is 82.8 cm³/mol. The van der Waals surface area contributed by atoms with Crippen molar-refractivity contribution < 1.29 is 4.74 Å². The summed E-state index contributed by atoms with van der Waals surface area (Å²) in [5.41, 5.74) is 2.25. The molecule has 1 aliphatic heterocycles. The number of morpholine rings is 1. The summed E-state index contributed by atoms with van der Waals surface area (Å²) in [5.74, 6) is 1.07. The molecule has 0 amide bonds. The molecule has 3 aromatic rings. The van der Waals surface area contributed by atoms with E-state index in [4.69, 9.17) is 9.72 Å². The summed E-state index contributed by atoms with van der Waals surface area (Å²) in [6, 6.07) is 6.33. The molecule has 1 aliphatic rings. The Balaban J connectivity index is 1.90. The number of hydrogen-bond acceptors (Lipinski definition) is 4. The van der Waals surface area contributed by atoms with Gasteiger partial charge >= 0.3 is 0 Å². The first-order chi connectivity index (χ1) is 9.72. The molecule has 0 N–H and O–H groups in total. The van der Waals surface area contributed by atoms with E-state index >= 15 is 0 Å². The van der Waals surface area contributed by atoms with Gasteiger partial charge in [-0.15, -0.1) is 11.3 Å². The van der Waals surface area contributed by atoms with Gasteiger partial charge in [-0.3, -0.25) is 0 Å². The number of thiophene rings is 1. The molecule has 3 aromatic heterocycles. The largest absolute Gasteiger partial charge is 0.372 e. The lowest BCUT2D eigenvalue weighted by molar-refractivity contribution is -0.00536. The van der Waals surface area contributed by atoms with Crippen LogP contribution < -0.4 is 4.90 Å². The van der Waals surface area contributed by atoms with Crippen LogP contribution in [0.15, 0.2) is 29.8 Å². The van der Waals surface area contributed by atoms with E-state index in [1.54, 1.807) is 11.3 Å². The lowest BCUT2D eigenvalue weighted by Crippen LogP contribution is -2.46. The maximum atomic E-state index is 5.83. The Bertz CT molecular complexity index is 753. The van der Waals surface area contributed by atoms with Crippen molar-refractivity contribution in [1.29, 1.82) is 0 Å². The first-order valence-electron chi connectivity index (χ1n) is 6.97. The van der Waals surface area contributed by atoms with Crippen molar-refractivity contribution in [2.75, 3.05) is 18.0 Å². The van der Waals surface area contributed by atoms with Gasteiger partial charge < -0.3 is 14.0 Å². The highest BCUT2D eigenvalue weighted by molar-refractivity contribution is 7.16. The van der Waals surface area contributed by atoms with Crippen LogP contribution in [-0.4, -0.2) is 34.7 Å². The SMILES string of the molecule is CC1CN(c2nc3ccsc3n3cccc23)CC(C)O1. The van der Waals surface area contributed by atoms with Gasteiger partial charge in [-0.25, -0.2) is 4.98 Å². The monoisotopic (exact) mass is 287 g/mol. The van der Waals surface area contributed by atoms with Gasteiger partial charge in [-0.05, 0) is 37.4 Å². The summed E-state index contributed by atoms with van der Waals surface area (Å²) in [5, 5.41) is 2.10. The van der Waals surface area contributed by atoms with Crippen LogP contribution in [0.5, 0.6) is 0 Å². The third kappa shape index (κ3) is 1.81. The van der Waals surface area contributed by atoms with Gasteiger partial charge in [-0.2, -0.15) is 0 Å². The Hall–Kier alpha value is -1.59. The minimum absolute atomic E-state index is 0.244. The third-order valence-electron chi connectivity index (χ3n) is 3.77. The van der Waals surface area contributed by atoms with E-state index in [0.717, 1.165) is 24.4 Å². The Morgan fingerprint density at radius 3 is 2.85 bits per heavy atom. The maximum Gasteiger partial charge on any atom is 0.153 e. The standard InChI is InChI=1S/C15H17N3OS/c1-10-8-17(9-11(2)19-10)14-13-4-3-6-18(13)15-12(16-14)5-7-20-15/h3-7,10-11H,8-9H2,1-2H3. The molecule has 2 unspecified atom stereocenters. The van der Waals surface area contributed by atoms with Crippen molar-refractivity contribution in [3.63, 3.8) is 0 Å². The molecule has 4 heterocycles. The fourth-order valence-electron chi connectivity index (χ4n) is 3.05. The van der Waals surface area contributed by atoms with Crippen LogP contribution in [0.4, 0.5) is 5.82 Å². The van der Waals surface area contributed by atoms with E-state index in [0.29, 0.717) is 0 Å². The number of fused-ring (bicyclic) bond motifs is 3. The second-order valence-electron chi connectivity index (χ2n) is 5.47. The van der Waals surface area contributed by atoms with E-state index in [9.17, 15) is 0 Å². The topological polar surface area (TPSA) is 29.8 Å². The second-order valence-corrected chi connectivity index (χ2v) is 6.37. The summed E-state index contributed by atoms with van der Waals surface area (Å²) in [4.78, 5) is 8.45. The summed E-state index contributed by atoms with van der Waals surface area (Å²) < 4.78 is 8.07. The van der Waals surface area contributed by atoms with Crippen molar-refractivity contribution in [1.82, 2.24) is 9.38 Å². The van der Waals surface area contributed by atoms with Gasteiger partial charge in [0.15, 0.2) is 5.82 Å². The van der Waals surface area contributed by atoms with Gasteiger partial charge in [0.2, 0.25) is 0 Å². The van der Waals surface area contributed by atoms with Crippen LogP contribution >= 0.6 is 11.3 Å². The quantitative estimate of drug-likeness (QED) is 0.688. The fourth-order valence-corrected chi connectivity index (χ4v) is 3.89. The lowest BCUT2D eigenvalue weighted by atomic mass is 10.2. The molecule has 2 atom stereocenters. The second kappa shape index (κ2) is 4.46. The van der Waals surface area contributed by atoms with Gasteiger partial charge in [0, 0.05) is 19.3 Å². The predicted octanol–water partition coefficient (Wildman–Crippen LogP) is 3.16. The van der Waals surface area contributed by atoms with Gasteiger partial charge in [-0.1, -0.05) is 0 Å². The molecule has 0 radical (unpaired) electrons. The molecule has 0 bridgehead atoms. The van der Waals surface area contributed by atoms with Crippen molar-refractivity contribution in [3.05, 3.63) is 29.8 Å². The molecule has 0 saturated carbocycles. The molecular weight excluding hydrogens is 270 g/mol. The van der Waals surface area contributed by atoms with Crippen LogP contribution in [0.2, 0.25) is 0 Å². The number of hydrogen-bond donors (Lipinski definition) is 0. The summed E-state index contributed by atoms with van der Waals surface area (Å²) >= 11 is 1.74. The minimum atomic E-state index is 0.244. The molecule has 0 aromatic carbocycles. The first-order valence-corrected chi connectivity index (χ1v) is 7.85. The molecule has 1 fully saturated rings. The minimum Gasteiger partial charge on any atom is -0.372 e. The summed E-state index contributed by atoms with van der Waals surface area (Å²) in [7, 11) is 0. The molecular formula is C15H17N3OS. The fraction of sp³-hybridized carbons (Fsp3) is 0.400. The highest BCUT2D eigenvalue weighted by Gasteiger charge is 2.25. The summed E-state index contributed by atoms with van der Waals surface area (Å²) in [6.45, 7) is 6.05. The Morgan fingerprint density at radius 1 is 1.25 bits per heavy atom. The number of nitrogens with zero attached hydrogens (tertiary/aromatic N) is 3. The van der Waals surface area contributed by atoms with E-state index in [1.807, 2.05) is 0 Å². The van der Waals surface area contributed by atoms with E-state index < -0.39 is 0 Å². The van der Waals surface area contributed by atoms with Crippen LogP contribution in [0.1, 0.15) is 13.8 Å². The smallest absolute Gasteiger partial charge is 0.153 e. The molecule has 0 spiro atoms. The number of ether oxygens (including phenoxy) is 1. The van der Waals surface area contributed by atoms with Crippen LogP contribution in [0.25, 0.3) is 15.9 Å². The van der Waals surface area contributed by atoms with Crippen LogP contribution in [0, 0.1) is 0 Å². The van der Waals surface area contributed by atoms with Crippen LogP contribution in [0.3, 0.4) is 0 Å². The normalized spacial score (nSPS) is 23.8. The first kappa shape index (κ1) is 12.2. The zero-order chi connectivity index (χ0) is 13.7. The average Bonchev–Trinajstić information content (AvgIpc) is 3.04. The third-order valence-corrected chi connectivity index (χ3v) is 4.67. The zero-order valence-electron chi connectivity index (χ0n) is 11.6. The molecule has 0 aliphatic carbocycles. The van der Waals surface area contributed by atoms with Gasteiger partial charge in [0.1, 0.15) is 10.3 Å². The Morgan fingerprint density at radius 2 is 2.05 bits per heavy atom. The molecule has 4 nitrogen and oxygen atoms in total. The van der Waals surface area contributed by atoms with E-state index in [-0.39, 0.29) is 12.2 Å². The highest BCUT2D eigenvalue weighted by Crippen LogP contribution is 2.29. The van der Waals surface area contributed by atoms with E-state index in [1.165, 1.54) is 10.3 Å². The zero-order valence-corrected chi connectivity index (χ0v) is 12.4. The molecule has 5 heteroatoms. The molecule has 104 valence electrons. The Labute approximate surface area is 121 Å². The van der Waals surface area contributed by atoms with Crippen molar-refractivity contribution in [2.24, 2.45) is 0 Å². The summed E-state index contributed by atoms with van der Waals surface area (Å²) in [6.07, 6.45) is 2.61. The van der Waals surface area contributed by atoms with Crippen molar-refractivity contribution in [2.45, 2.75) is 26.1 Å². The molecule has 1 saturated heterocycles. The molecule has 4 rings (SSSR count). The van der Waals surface area contributed by atoms with Crippen molar-refractivity contribution in [3.8, 4) is 0 Å². The number of rotatable bonds is 1. The van der Waals surface area contributed by atoms with Gasteiger partial charge in [0.25, 0.3) is 0 Å². The average molecular weight is 287 g/mol. The Kier molecular flexibility index (Phi) is 2.72. The van der Waals surface area contributed by atoms with Crippen LogP contribution in [-0.2, 0) is 4.74 Å². The maximum absolute atomic E-state index is 5.83. The highest BCUT2D eigenvalue weighted by atomic mass is 32.1. The molecule has 20 heavy (non-hydrogen) atoms.